The van der Waals surface area contributed by atoms with Crippen molar-refractivity contribution in [3.63, 3.8) is 0 Å². The van der Waals surface area contributed by atoms with Crippen LogP contribution in [0, 0.1) is 0 Å². The molecule has 0 aliphatic heterocycles. The Labute approximate surface area is 165 Å². The van der Waals surface area contributed by atoms with Crippen molar-refractivity contribution in [1.29, 1.82) is 0 Å². The Morgan fingerprint density at radius 2 is 0.821 bits per heavy atom. The van der Waals surface area contributed by atoms with Gasteiger partial charge in [-0.15, -0.1) is 0 Å². The van der Waals surface area contributed by atoms with Crippen molar-refractivity contribution in [3.05, 3.63) is 60.7 Å². The molecule has 28 heavy (non-hydrogen) atoms. The molecule has 10 heteroatoms. The smallest absolute Gasteiger partial charge is 0.294 e. The van der Waals surface area contributed by atoms with Crippen molar-refractivity contribution < 1.29 is 36.2 Å². The van der Waals surface area contributed by atoms with E-state index < -0.39 is 20.2 Å². The molecule has 0 bridgehead atoms. The first-order valence-corrected chi connectivity index (χ1v) is 11.3. The number of hydrogen-bond acceptors (Lipinski definition) is 6. The molecular formula is C18H24O8S2. The summed E-state index contributed by atoms with van der Waals surface area (Å²) in [6.45, 7) is 0. The SMILES string of the molecule is O=S(=O)(O)c1ccccc1.O=S(=O)(O)c1ccccc1.OC1CCC(O)CC1. The molecule has 1 saturated carbocycles. The first-order valence-electron chi connectivity index (χ1n) is 8.41. The minimum Gasteiger partial charge on any atom is -0.393 e. The molecule has 1 fully saturated rings. The molecule has 8 nitrogen and oxygen atoms in total. The Morgan fingerprint density at radius 3 is 1.00 bits per heavy atom. The Bertz CT molecular complexity index is 812. The molecular weight excluding hydrogens is 408 g/mol. The fourth-order valence-corrected chi connectivity index (χ4v) is 3.25. The van der Waals surface area contributed by atoms with Crippen LogP contribution in [0.25, 0.3) is 0 Å². The van der Waals surface area contributed by atoms with Gasteiger partial charge < -0.3 is 10.2 Å². The molecule has 0 atom stereocenters. The number of hydrogen-bond donors (Lipinski definition) is 4. The molecule has 1 aliphatic rings. The van der Waals surface area contributed by atoms with E-state index in [0.29, 0.717) is 0 Å². The summed E-state index contributed by atoms with van der Waals surface area (Å²) in [6.07, 6.45) is 2.83. The van der Waals surface area contributed by atoms with E-state index in [1.165, 1.54) is 24.3 Å². The Balaban J connectivity index is 0.000000212. The van der Waals surface area contributed by atoms with Crippen LogP contribution in [0.2, 0.25) is 0 Å². The maximum atomic E-state index is 10.4. The maximum Gasteiger partial charge on any atom is 0.294 e. The van der Waals surface area contributed by atoms with Crippen molar-refractivity contribution >= 4 is 20.2 Å². The Hall–Kier alpha value is -1.82. The van der Waals surface area contributed by atoms with Crippen LogP contribution in [0.3, 0.4) is 0 Å². The highest BCUT2D eigenvalue weighted by atomic mass is 32.2. The minimum absolute atomic E-state index is 0.0741. The largest absolute Gasteiger partial charge is 0.393 e. The standard InChI is InChI=1S/2C6H6O3S.C6H12O2/c2*7-10(8,9)6-4-2-1-3-5-6;7-5-1-2-6(8)4-3-5/h2*1-5H,(H,7,8,9);5-8H,1-4H2. The van der Waals surface area contributed by atoms with Gasteiger partial charge in [-0.3, -0.25) is 9.11 Å². The third kappa shape index (κ3) is 9.93. The number of aliphatic hydroxyl groups is 2. The molecule has 0 heterocycles. The summed E-state index contributed by atoms with van der Waals surface area (Å²) < 4.78 is 58.5. The molecule has 2 aromatic carbocycles. The van der Waals surface area contributed by atoms with Gasteiger partial charge in [0.05, 0.1) is 22.0 Å². The third-order valence-electron chi connectivity index (χ3n) is 3.75. The van der Waals surface area contributed by atoms with Crippen molar-refractivity contribution in [2.45, 2.75) is 47.7 Å². The van der Waals surface area contributed by atoms with Crippen molar-refractivity contribution in [2.24, 2.45) is 0 Å². The highest BCUT2D eigenvalue weighted by molar-refractivity contribution is 7.86. The number of aliphatic hydroxyl groups excluding tert-OH is 2. The van der Waals surface area contributed by atoms with Crippen LogP contribution in [-0.2, 0) is 20.2 Å². The van der Waals surface area contributed by atoms with Gasteiger partial charge in [0.2, 0.25) is 0 Å². The van der Waals surface area contributed by atoms with Gasteiger partial charge in [-0.25, -0.2) is 0 Å². The summed E-state index contributed by atoms with van der Waals surface area (Å²) in [5.74, 6) is 0. The fourth-order valence-electron chi connectivity index (χ4n) is 2.24. The molecule has 2 aromatic rings. The van der Waals surface area contributed by atoms with Gasteiger partial charge in [0.1, 0.15) is 0 Å². The van der Waals surface area contributed by atoms with Crippen molar-refractivity contribution in [1.82, 2.24) is 0 Å². The second-order valence-electron chi connectivity index (χ2n) is 6.04. The van der Waals surface area contributed by atoms with Gasteiger partial charge >= 0.3 is 0 Å². The van der Waals surface area contributed by atoms with E-state index in [4.69, 9.17) is 19.3 Å². The molecule has 0 amide bonds. The van der Waals surface area contributed by atoms with Crippen molar-refractivity contribution in [3.8, 4) is 0 Å². The lowest BCUT2D eigenvalue weighted by Crippen LogP contribution is -2.21. The van der Waals surface area contributed by atoms with E-state index in [-0.39, 0.29) is 22.0 Å². The summed E-state index contributed by atoms with van der Waals surface area (Å²) in [5.41, 5.74) is 0. The van der Waals surface area contributed by atoms with Gasteiger partial charge in [0.15, 0.2) is 0 Å². The zero-order valence-electron chi connectivity index (χ0n) is 15.0. The lowest BCUT2D eigenvalue weighted by Gasteiger charge is -2.20. The van der Waals surface area contributed by atoms with E-state index in [0.717, 1.165) is 25.7 Å². The average molecular weight is 433 g/mol. The molecule has 0 unspecified atom stereocenters. The molecule has 0 saturated heterocycles. The predicted octanol–water partition coefficient (Wildman–Crippen LogP) is 2.15. The van der Waals surface area contributed by atoms with Gasteiger partial charge in [-0.05, 0) is 49.9 Å². The van der Waals surface area contributed by atoms with Crippen LogP contribution < -0.4 is 0 Å². The van der Waals surface area contributed by atoms with E-state index in [9.17, 15) is 16.8 Å². The zero-order chi connectivity index (χ0) is 21.2. The van der Waals surface area contributed by atoms with Crippen LogP contribution in [0.15, 0.2) is 70.5 Å². The lowest BCUT2D eigenvalue weighted by atomic mass is 9.95. The normalized spacial score (nSPS) is 19.4. The quantitative estimate of drug-likeness (QED) is 0.527. The van der Waals surface area contributed by atoms with Crippen LogP contribution >= 0.6 is 0 Å². The second-order valence-corrected chi connectivity index (χ2v) is 8.88. The van der Waals surface area contributed by atoms with Crippen molar-refractivity contribution in [2.75, 3.05) is 0 Å². The summed E-state index contributed by atoms with van der Waals surface area (Å²) in [5, 5.41) is 17.8. The number of rotatable bonds is 2. The summed E-state index contributed by atoms with van der Waals surface area (Å²) >= 11 is 0. The topological polar surface area (TPSA) is 149 Å². The maximum absolute atomic E-state index is 10.4. The van der Waals surface area contributed by atoms with E-state index in [2.05, 4.69) is 0 Å². The van der Waals surface area contributed by atoms with Crippen LogP contribution in [0.4, 0.5) is 0 Å². The molecule has 0 spiro atoms. The monoisotopic (exact) mass is 432 g/mol. The summed E-state index contributed by atoms with van der Waals surface area (Å²) in [6, 6.07) is 14.8. The van der Waals surface area contributed by atoms with Crippen LogP contribution in [0.1, 0.15) is 25.7 Å². The van der Waals surface area contributed by atoms with Gasteiger partial charge in [0.25, 0.3) is 20.2 Å². The molecule has 3 rings (SSSR count). The summed E-state index contributed by atoms with van der Waals surface area (Å²) in [4.78, 5) is -0.148. The van der Waals surface area contributed by atoms with Crippen LogP contribution in [0.5, 0.6) is 0 Å². The highest BCUT2D eigenvalue weighted by Crippen LogP contribution is 2.17. The first kappa shape index (κ1) is 24.2. The lowest BCUT2D eigenvalue weighted by molar-refractivity contribution is 0.0541. The zero-order valence-corrected chi connectivity index (χ0v) is 16.6. The van der Waals surface area contributed by atoms with E-state index in [1.54, 1.807) is 36.4 Å². The molecule has 156 valence electrons. The molecule has 4 N–H and O–H groups in total. The fraction of sp³-hybridized carbons (Fsp3) is 0.333. The third-order valence-corrected chi connectivity index (χ3v) is 5.48. The van der Waals surface area contributed by atoms with Gasteiger partial charge in [0, 0.05) is 0 Å². The molecule has 1 aliphatic carbocycles. The molecule has 0 aromatic heterocycles. The average Bonchev–Trinajstić information content (AvgIpc) is 2.65. The second kappa shape index (κ2) is 11.2. The van der Waals surface area contributed by atoms with Gasteiger partial charge in [-0.2, -0.15) is 16.8 Å². The van der Waals surface area contributed by atoms with E-state index >= 15 is 0 Å². The highest BCUT2D eigenvalue weighted by Gasteiger charge is 2.16. The van der Waals surface area contributed by atoms with Gasteiger partial charge in [-0.1, -0.05) is 36.4 Å². The Morgan fingerprint density at radius 1 is 0.571 bits per heavy atom. The molecule has 0 radical (unpaired) electrons. The summed E-state index contributed by atoms with van der Waals surface area (Å²) in [7, 11) is -8.01. The van der Waals surface area contributed by atoms with E-state index in [1.807, 2.05) is 0 Å². The number of benzene rings is 2. The van der Waals surface area contributed by atoms with Crippen LogP contribution in [-0.4, -0.2) is 48.4 Å². The predicted molar refractivity (Wildman–Crippen MR) is 103 cm³/mol. The first-order chi connectivity index (χ1) is 13.0. The minimum atomic E-state index is -4.00. The Kier molecular flexibility index (Phi) is 9.73.